The molecule has 1 saturated heterocycles. The first kappa shape index (κ1) is 18.4. The number of hydrogen-bond acceptors (Lipinski definition) is 4. The molecular formula is C17H19F3N4O2. The Hall–Kier alpha value is -2.42. The highest BCUT2D eigenvalue weighted by molar-refractivity contribution is 5.92. The highest BCUT2D eigenvalue weighted by Gasteiger charge is 2.37. The standard InChI is InChI=1S/C17H19F3N4O2/c1-10(2)24-9-11(8-22-24)15-13(4-6-26-15)16(25)23-14-7-12(3-5-21-14)17(18,19)20/h3,5,7-10,13,15H,4,6H2,1-2H3,(H,21,23,25)/t13-,15+/m0/s1. The fourth-order valence-corrected chi connectivity index (χ4v) is 2.86. The maximum Gasteiger partial charge on any atom is 0.416 e. The largest absolute Gasteiger partial charge is 0.416 e. The highest BCUT2D eigenvalue weighted by atomic mass is 19.4. The van der Waals surface area contributed by atoms with Gasteiger partial charge in [-0.15, -0.1) is 0 Å². The van der Waals surface area contributed by atoms with Crippen LogP contribution in [0.2, 0.25) is 0 Å². The van der Waals surface area contributed by atoms with Gasteiger partial charge in [0.25, 0.3) is 0 Å². The summed E-state index contributed by atoms with van der Waals surface area (Å²) >= 11 is 0. The third-order valence-electron chi connectivity index (χ3n) is 4.25. The molecule has 1 aliphatic heterocycles. The molecule has 0 radical (unpaired) electrons. The lowest BCUT2D eigenvalue weighted by molar-refractivity contribution is -0.137. The number of anilines is 1. The van der Waals surface area contributed by atoms with Crippen LogP contribution in [0.3, 0.4) is 0 Å². The second kappa shape index (κ2) is 7.06. The molecule has 0 aliphatic carbocycles. The number of carbonyl (C=O) groups is 1. The molecule has 2 aromatic rings. The maximum absolute atomic E-state index is 12.8. The summed E-state index contributed by atoms with van der Waals surface area (Å²) in [6.45, 7) is 4.36. The molecule has 0 unspecified atom stereocenters. The Balaban J connectivity index is 1.74. The summed E-state index contributed by atoms with van der Waals surface area (Å²) in [5, 5.41) is 6.71. The number of alkyl halides is 3. The quantitative estimate of drug-likeness (QED) is 0.895. The number of aromatic nitrogens is 3. The van der Waals surface area contributed by atoms with Gasteiger partial charge in [-0.3, -0.25) is 9.48 Å². The van der Waals surface area contributed by atoms with Crippen molar-refractivity contribution in [2.45, 2.75) is 38.6 Å². The van der Waals surface area contributed by atoms with Crippen molar-refractivity contribution in [2.24, 2.45) is 5.92 Å². The van der Waals surface area contributed by atoms with Crippen LogP contribution in [0, 0.1) is 5.92 Å². The number of rotatable bonds is 4. The summed E-state index contributed by atoms with van der Waals surface area (Å²) in [5.74, 6) is -1.07. The zero-order chi connectivity index (χ0) is 18.9. The number of amides is 1. The van der Waals surface area contributed by atoms with Gasteiger partial charge in [0, 0.05) is 30.6 Å². The van der Waals surface area contributed by atoms with Crippen molar-refractivity contribution in [2.75, 3.05) is 11.9 Å². The Labute approximate surface area is 148 Å². The van der Waals surface area contributed by atoms with E-state index in [-0.39, 0.29) is 11.9 Å². The summed E-state index contributed by atoms with van der Waals surface area (Å²) in [6, 6.07) is 1.85. The molecule has 26 heavy (non-hydrogen) atoms. The number of ether oxygens (including phenoxy) is 1. The normalized spacial score (nSPS) is 20.5. The molecular weight excluding hydrogens is 349 g/mol. The van der Waals surface area contributed by atoms with Crippen molar-refractivity contribution in [3.63, 3.8) is 0 Å². The van der Waals surface area contributed by atoms with Gasteiger partial charge >= 0.3 is 6.18 Å². The highest BCUT2D eigenvalue weighted by Crippen LogP contribution is 2.36. The molecule has 1 N–H and O–H groups in total. The number of halogens is 3. The number of nitrogens with one attached hydrogen (secondary N) is 1. The van der Waals surface area contributed by atoms with Gasteiger partial charge < -0.3 is 10.1 Å². The number of pyridine rings is 1. The molecule has 0 spiro atoms. The molecule has 1 fully saturated rings. The molecule has 6 nitrogen and oxygen atoms in total. The van der Waals surface area contributed by atoms with Crippen molar-refractivity contribution in [3.05, 3.63) is 41.9 Å². The molecule has 2 aromatic heterocycles. The first-order chi connectivity index (χ1) is 12.3. The SMILES string of the molecule is CC(C)n1cc([C@H]2OCC[C@@H]2C(=O)Nc2cc(C(F)(F)F)ccn2)cn1. The van der Waals surface area contributed by atoms with Crippen molar-refractivity contribution >= 4 is 11.7 Å². The zero-order valence-electron chi connectivity index (χ0n) is 14.3. The van der Waals surface area contributed by atoms with Gasteiger partial charge in [0.1, 0.15) is 5.82 Å². The van der Waals surface area contributed by atoms with E-state index in [2.05, 4.69) is 15.4 Å². The van der Waals surface area contributed by atoms with E-state index in [0.717, 1.165) is 23.9 Å². The minimum Gasteiger partial charge on any atom is -0.373 e. The summed E-state index contributed by atoms with van der Waals surface area (Å²) in [4.78, 5) is 16.4. The van der Waals surface area contributed by atoms with Gasteiger partial charge in [-0.1, -0.05) is 0 Å². The van der Waals surface area contributed by atoms with E-state index in [4.69, 9.17) is 4.74 Å². The Morgan fingerprint density at radius 2 is 2.19 bits per heavy atom. The summed E-state index contributed by atoms with van der Waals surface area (Å²) in [6.07, 6.45) is -0.00109. The van der Waals surface area contributed by atoms with Crippen molar-refractivity contribution in [1.29, 1.82) is 0 Å². The van der Waals surface area contributed by atoms with Gasteiger partial charge in [0.2, 0.25) is 5.91 Å². The van der Waals surface area contributed by atoms with Gasteiger partial charge in [0.15, 0.2) is 0 Å². The van der Waals surface area contributed by atoms with Crippen LogP contribution in [-0.4, -0.2) is 27.3 Å². The molecule has 140 valence electrons. The average Bonchev–Trinajstić information content (AvgIpc) is 3.23. The Bertz CT molecular complexity index is 788. The third kappa shape index (κ3) is 3.87. The minimum atomic E-state index is -4.49. The Morgan fingerprint density at radius 1 is 1.42 bits per heavy atom. The van der Waals surface area contributed by atoms with Crippen molar-refractivity contribution in [3.8, 4) is 0 Å². The molecule has 1 amide bonds. The van der Waals surface area contributed by atoms with Crippen LogP contribution in [-0.2, 0) is 15.7 Å². The number of carbonyl (C=O) groups excluding carboxylic acids is 1. The van der Waals surface area contributed by atoms with Crippen LogP contribution in [0.25, 0.3) is 0 Å². The molecule has 9 heteroatoms. The van der Waals surface area contributed by atoms with Crippen LogP contribution in [0.4, 0.5) is 19.0 Å². The van der Waals surface area contributed by atoms with E-state index in [1.165, 1.54) is 0 Å². The fraction of sp³-hybridized carbons (Fsp3) is 0.471. The lowest BCUT2D eigenvalue weighted by Crippen LogP contribution is -2.25. The van der Waals surface area contributed by atoms with Gasteiger partial charge in [-0.2, -0.15) is 18.3 Å². The predicted molar refractivity (Wildman–Crippen MR) is 87.3 cm³/mol. The molecule has 0 bridgehead atoms. The van der Waals surface area contributed by atoms with E-state index >= 15 is 0 Å². The molecule has 0 aromatic carbocycles. The molecule has 0 saturated carbocycles. The summed E-state index contributed by atoms with van der Waals surface area (Å²) in [5.41, 5.74) is -0.0893. The lowest BCUT2D eigenvalue weighted by atomic mass is 9.96. The van der Waals surface area contributed by atoms with Crippen LogP contribution < -0.4 is 5.32 Å². The first-order valence-corrected chi connectivity index (χ1v) is 8.25. The van der Waals surface area contributed by atoms with Gasteiger partial charge in [-0.25, -0.2) is 4.98 Å². The van der Waals surface area contributed by atoms with E-state index in [0.29, 0.717) is 13.0 Å². The zero-order valence-corrected chi connectivity index (χ0v) is 14.3. The third-order valence-corrected chi connectivity index (χ3v) is 4.25. The lowest BCUT2D eigenvalue weighted by Gasteiger charge is -2.17. The fourth-order valence-electron chi connectivity index (χ4n) is 2.86. The van der Waals surface area contributed by atoms with Crippen LogP contribution in [0.15, 0.2) is 30.7 Å². The smallest absolute Gasteiger partial charge is 0.373 e. The average molecular weight is 368 g/mol. The number of nitrogens with zero attached hydrogens (tertiary/aromatic N) is 3. The number of hydrogen-bond donors (Lipinski definition) is 1. The van der Waals surface area contributed by atoms with Crippen LogP contribution >= 0.6 is 0 Å². The van der Waals surface area contributed by atoms with Crippen molar-refractivity contribution < 1.29 is 22.7 Å². The maximum atomic E-state index is 12.8. The Kier molecular flexibility index (Phi) is 4.99. The first-order valence-electron chi connectivity index (χ1n) is 8.25. The van der Waals surface area contributed by atoms with Crippen LogP contribution in [0.5, 0.6) is 0 Å². The monoisotopic (exact) mass is 368 g/mol. The van der Waals surface area contributed by atoms with Gasteiger partial charge in [-0.05, 0) is 32.4 Å². The van der Waals surface area contributed by atoms with Crippen molar-refractivity contribution in [1.82, 2.24) is 14.8 Å². The Morgan fingerprint density at radius 3 is 2.85 bits per heavy atom. The summed E-state index contributed by atoms with van der Waals surface area (Å²) in [7, 11) is 0. The second-order valence-corrected chi connectivity index (χ2v) is 6.45. The molecule has 3 heterocycles. The topological polar surface area (TPSA) is 69.0 Å². The van der Waals surface area contributed by atoms with Gasteiger partial charge in [0.05, 0.1) is 23.8 Å². The summed E-state index contributed by atoms with van der Waals surface area (Å²) < 4.78 is 45.8. The van der Waals surface area contributed by atoms with E-state index in [1.807, 2.05) is 20.0 Å². The van der Waals surface area contributed by atoms with E-state index in [1.54, 1.807) is 10.9 Å². The van der Waals surface area contributed by atoms with Crippen LogP contribution in [0.1, 0.15) is 43.5 Å². The molecule has 2 atom stereocenters. The van der Waals surface area contributed by atoms with E-state index in [9.17, 15) is 18.0 Å². The second-order valence-electron chi connectivity index (χ2n) is 6.45. The van der Waals surface area contributed by atoms with E-state index < -0.39 is 29.7 Å². The molecule has 3 rings (SSSR count). The predicted octanol–water partition coefficient (Wildman–Crippen LogP) is 3.59. The molecule has 1 aliphatic rings. The minimum absolute atomic E-state index is 0.131.